The highest BCUT2D eigenvalue weighted by Crippen LogP contribution is 2.41. The van der Waals surface area contributed by atoms with Gasteiger partial charge in [0.1, 0.15) is 5.75 Å². The van der Waals surface area contributed by atoms with E-state index in [2.05, 4.69) is 18.7 Å². The van der Waals surface area contributed by atoms with Gasteiger partial charge in [-0.05, 0) is 37.5 Å². The second-order valence-corrected chi connectivity index (χ2v) is 9.55. The molecule has 0 N–H and O–H groups in total. The zero-order chi connectivity index (χ0) is 21.3. The van der Waals surface area contributed by atoms with Gasteiger partial charge in [0.15, 0.2) is 18.2 Å². The molecule has 0 aliphatic carbocycles. The van der Waals surface area contributed by atoms with E-state index in [4.69, 9.17) is 4.74 Å². The molecule has 1 aromatic carbocycles. The molecule has 30 heavy (non-hydrogen) atoms. The first kappa shape index (κ1) is 21.5. The highest BCUT2D eigenvalue weighted by Gasteiger charge is 2.41. The minimum atomic E-state index is -0.951. The summed E-state index contributed by atoms with van der Waals surface area (Å²) in [6.45, 7) is 5.72. The number of piperidine rings is 1. The number of anilines is 1. The number of ether oxygens (including phenoxy) is 1. The standard InChI is InChI=1S/C24H34F2N2O2/c1-3-4-5-6-17-9-18-7-8-19(10-17)27(18)13-16(2)14-28-22-11-20(25)21(26)12-23(22)30-15-24(28)29/h11-12,16-19H,3-10,13-15H2,1-2H3/t16?,17?,18-,19+. The third-order valence-electron chi connectivity index (χ3n) is 7.16. The Morgan fingerprint density at radius 2 is 1.80 bits per heavy atom. The molecule has 4 atom stereocenters. The molecule has 6 heteroatoms. The Bertz CT molecular complexity index is 758. The molecule has 2 fully saturated rings. The molecule has 0 aromatic heterocycles. The van der Waals surface area contributed by atoms with Gasteiger partial charge in [-0.15, -0.1) is 0 Å². The van der Waals surface area contributed by atoms with Crippen molar-refractivity contribution in [3.05, 3.63) is 23.8 Å². The number of benzene rings is 1. The van der Waals surface area contributed by atoms with Crippen molar-refractivity contribution in [1.29, 1.82) is 0 Å². The predicted octanol–water partition coefficient (Wildman–Crippen LogP) is 5.15. The lowest BCUT2D eigenvalue weighted by molar-refractivity contribution is -0.121. The molecule has 2 saturated heterocycles. The van der Waals surface area contributed by atoms with Crippen molar-refractivity contribution >= 4 is 11.6 Å². The van der Waals surface area contributed by atoms with E-state index in [0.717, 1.165) is 24.6 Å². The van der Waals surface area contributed by atoms with Gasteiger partial charge in [0.05, 0.1) is 5.69 Å². The van der Waals surface area contributed by atoms with Crippen LogP contribution >= 0.6 is 0 Å². The number of nitrogens with zero attached hydrogens (tertiary/aromatic N) is 2. The number of carbonyl (C=O) groups is 1. The van der Waals surface area contributed by atoms with E-state index in [1.807, 2.05) is 0 Å². The van der Waals surface area contributed by atoms with E-state index in [1.165, 1.54) is 51.4 Å². The van der Waals surface area contributed by atoms with Crippen molar-refractivity contribution in [2.45, 2.75) is 77.3 Å². The number of carbonyl (C=O) groups excluding carboxylic acids is 1. The van der Waals surface area contributed by atoms with Crippen LogP contribution in [0.2, 0.25) is 0 Å². The maximum Gasteiger partial charge on any atom is 0.265 e. The zero-order valence-corrected chi connectivity index (χ0v) is 18.2. The van der Waals surface area contributed by atoms with Crippen molar-refractivity contribution in [3.63, 3.8) is 0 Å². The van der Waals surface area contributed by atoms with Crippen molar-refractivity contribution in [2.24, 2.45) is 11.8 Å². The second-order valence-electron chi connectivity index (χ2n) is 9.55. The summed E-state index contributed by atoms with van der Waals surface area (Å²) in [6.07, 6.45) is 10.5. The van der Waals surface area contributed by atoms with Gasteiger partial charge in [-0.2, -0.15) is 0 Å². The number of halogens is 2. The van der Waals surface area contributed by atoms with Crippen LogP contribution in [0.4, 0.5) is 14.5 Å². The SMILES string of the molecule is CCCCCC1C[C@H]2CC[C@@H](C1)N2CC(C)CN1C(=O)COc2cc(F)c(F)cc21. The molecule has 0 radical (unpaired) electrons. The summed E-state index contributed by atoms with van der Waals surface area (Å²) in [7, 11) is 0. The second kappa shape index (κ2) is 9.21. The van der Waals surface area contributed by atoms with Crippen LogP contribution in [0.3, 0.4) is 0 Å². The Hall–Kier alpha value is -1.69. The molecule has 1 amide bonds. The van der Waals surface area contributed by atoms with Gasteiger partial charge in [0.2, 0.25) is 0 Å². The average Bonchev–Trinajstić information content (AvgIpc) is 2.94. The van der Waals surface area contributed by atoms with Crippen molar-refractivity contribution < 1.29 is 18.3 Å². The van der Waals surface area contributed by atoms with Crippen LogP contribution in [0.5, 0.6) is 5.75 Å². The fraction of sp³-hybridized carbons (Fsp3) is 0.708. The maximum absolute atomic E-state index is 13.8. The molecular formula is C24H34F2N2O2. The van der Waals surface area contributed by atoms with Gasteiger partial charge in [0, 0.05) is 37.3 Å². The molecule has 1 aromatic rings. The Labute approximate surface area is 178 Å². The summed E-state index contributed by atoms with van der Waals surface area (Å²) >= 11 is 0. The van der Waals surface area contributed by atoms with E-state index < -0.39 is 11.6 Å². The van der Waals surface area contributed by atoms with Crippen LogP contribution in [-0.2, 0) is 4.79 Å². The van der Waals surface area contributed by atoms with Gasteiger partial charge in [-0.25, -0.2) is 8.78 Å². The zero-order valence-electron chi connectivity index (χ0n) is 18.2. The van der Waals surface area contributed by atoms with Crippen LogP contribution in [0.25, 0.3) is 0 Å². The van der Waals surface area contributed by atoms with Crippen LogP contribution in [0.1, 0.15) is 65.2 Å². The highest BCUT2D eigenvalue weighted by atomic mass is 19.2. The smallest absolute Gasteiger partial charge is 0.265 e. The van der Waals surface area contributed by atoms with Crippen LogP contribution < -0.4 is 9.64 Å². The molecule has 166 valence electrons. The largest absolute Gasteiger partial charge is 0.481 e. The number of hydrogen-bond donors (Lipinski definition) is 0. The summed E-state index contributed by atoms with van der Waals surface area (Å²) in [5.41, 5.74) is 0.342. The molecule has 3 heterocycles. The van der Waals surface area contributed by atoms with E-state index in [-0.39, 0.29) is 24.2 Å². The molecule has 2 bridgehead atoms. The number of fused-ring (bicyclic) bond motifs is 3. The van der Waals surface area contributed by atoms with Gasteiger partial charge in [-0.3, -0.25) is 9.69 Å². The number of hydrogen-bond acceptors (Lipinski definition) is 3. The quantitative estimate of drug-likeness (QED) is 0.545. The first-order valence-corrected chi connectivity index (χ1v) is 11.6. The van der Waals surface area contributed by atoms with Crippen molar-refractivity contribution in [3.8, 4) is 5.75 Å². The lowest BCUT2D eigenvalue weighted by atomic mass is 9.86. The van der Waals surface area contributed by atoms with Crippen LogP contribution in [-0.4, -0.2) is 42.6 Å². The predicted molar refractivity (Wildman–Crippen MR) is 114 cm³/mol. The molecular weight excluding hydrogens is 386 g/mol. The first-order valence-electron chi connectivity index (χ1n) is 11.6. The number of unbranched alkanes of at least 4 members (excludes halogenated alkanes) is 2. The van der Waals surface area contributed by atoms with E-state index in [9.17, 15) is 13.6 Å². The third kappa shape index (κ3) is 4.48. The molecule has 0 spiro atoms. The molecule has 4 nitrogen and oxygen atoms in total. The summed E-state index contributed by atoms with van der Waals surface area (Å²) in [4.78, 5) is 16.7. The molecule has 0 saturated carbocycles. The van der Waals surface area contributed by atoms with Gasteiger partial charge < -0.3 is 9.64 Å². The Morgan fingerprint density at radius 1 is 1.10 bits per heavy atom. The maximum atomic E-state index is 13.8. The minimum Gasteiger partial charge on any atom is -0.481 e. The molecule has 3 aliphatic rings. The molecule has 2 unspecified atom stereocenters. The monoisotopic (exact) mass is 420 g/mol. The van der Waals surface area contributed by atoms with E-state index in [1.54, 1.807) is 4.90 Å². The first-order chi connectivity index (χ1) is 14.5. The van der Waals surface area contributed by atoms with Gasteiger partial charge in [0.25, 0.3) is 5.91 Å². The third-order valence-corrected chi connectivity index (χ3v) is 7.16. The molecule has 4 rings (SSSR count). The van der Waals surface area contributed by atoms with Crippen LogP contribution in [0, 0.1) is 23.5 Å². The Kier molecular flexibility index (Phi) is 6.61. The Balaban J connectivity index is 1.37. The minimum absolute atomic E-state index is 0.126. The normalized spacial score (nSPS) is 27.1. The fourth-order valence-corrected chi connectivity index (χ4v) is 5.73. The van der Waals surface area contributed by atoms with Crippen molar-refractivity contribution in [1.82, 2.24) is 4.90 Å². The van der Waals surface area contributed by atoms with E-state index in [0.29, 0.717) is 24.3 Å². The Morgan fingerprint density at radius 3 is 2.50 bits per heavy atom. The lowest BCUT2D eigenvalue weighted by Crippen LogP contribution is -2.48. The summed E-state index contributed by atoms with van der Waals surface area (Å²) < 4.78 is 32.7. The van der Waals surface area contributed by atoms with Gasteiger partial charge in [-0.1, -0.05) is 39.5 Å². The van der Waals surface area contributed by atoms with Crippen molar-refractivity contribution in [2.75, 3.05) is 24.6 Å². The van der Waals surface area contributed by atoms with Crippen LogP contribution in [0.15, 0.2) is 12.1 Å². The van der Waals surface area contributed by atoms with E-state index >= 15 is 0 Å². The van der Waals surface area contributed by atoms with Gasteiger partial charge >= 0.3 is 0 Å². The summed E-state index contributed by atoms with van der Waals surface area (Å²) in [6, 6.07) is 3.45. The topological polar surface area (TPSA) is 32.8 Å². The number of amides is 1. The lowest BCUT2D eigenvalue weighted by Gasteiger charge is -2.41. The average molecular weight is 421 g/mol. The highest BCUT2D eigenvalue weighted by molar-refractivity contribution is 5.97. The summed E-state index contributed by atoms with van der Waals surface area (Å²) in [5, 5.41) is 0. The fourth-order valence-electron chi connectivity index (χ4n) is 5.73. The molecule has 3 aliphatic heterocycles. The summed E-state index contributed by atoms with van der Waals surface area (Å²) in [5.74, 6) is -0.743. The number of rotatable bonds is 8.